The summed E-state index contributed by atoms with van der Waals surface area (Å²) >= 11 is 6.98. The second-order valence-electron chi connectivity index (χ2n) is 7.46. The number of halogens is 1. The van der Waals surface area contributed by atoms with E-state index in [0.717, 1.165) is 17.3 Å². The second-order valence-corrected chi connectivity index (χ2v) is 8.86. The van der Waals surface area contributed by atoms with Crippen LogP contribution in [0, 0.1) is 5.92 Å². The number of carbonyl (C=O) groups excluding carboxylic acids is 2. The molecule has 8 heteroatoms. The molecule has 0 atom stereocenters. The second kappa shape index (κ2) is 11.3. The van der Waals surface area contributed by atoms with Gasteiger partial charge in [0.15, 0.2) is 11.5 Å². The standard InChI is InChI=1S/C24H26ClNO5S/c1-4-29-21-13-17(9-10-20(21)31-15-16(2)3)14-22-23(27)26(24(28)32-22)11-12-30-19-8-6-5-7-18(19)25/h5-10,13-14,16H,4,11-12,15H2,1-3H3/b22-14-. The van der Waals surface area contributed by atoms with Gasteiger partial charge >= 0.3 is 0 Å². The van der Waals surface area contributed by atoms with Crippen LogP contribution in [0.2, 0.25) is 5.02 Å². The maximum atomic E-state index is 12.8. The predicted octanol–water partition coefficient (Wildman–Crippen LogP) is 5.89. The van der Waals surface area contributed by atoms with Gasteiger partial charge in [-0.15, -0.1) is 0 Å². The molecule has 32 heavy (non-hydrogen) atoms. The molecule has 6 nitrogen and oxygen atoms in total. The molecule has 0 aliphatic carbocycles. The van der Waals surface area contributed by atoms with Crippen LogP contribution in [0.5, 0.6) is 17.2 Å². The van der Waals surface area contributed by atoms with E-state index in [0.29, 0.717) is 46.3 Å². The summed E-state index contributed by atoms with van der Waals surface area (Å²) in [6.07, 6.45) is 1.69. The largest absolute Gasteiger partial charge is 0.490 e. The number of rotatable bonds is 10. The Labute approximate surface area is 197 Å². The quantitative estimate of drug-likeness (QED) is 0.399. The number of hydrogen-bond acceptors (Lipinski definition) is 6. The maximum absolute atomic E-state index is 12.8. The fourth-order valence-electron chi connectivity index (χ4n) is 2.91. The van der Waals surface area contributed by atoms with E-state index in [9.17, 15) is 9.59 Å². The molecule has 0 N–H and O–H groups in total. The highest BCUT2D eigenvalue weighted by atomic mass is 35.5. The number of hydrogen-bond donors (Lipinski definition) is 0. The van der Waals surface area contributed by atoms with Crippen LogP contribution in [0.25, 0.3) is 6.08 Å². The van der Waals surface area contributed by atoms with Gasteiger partial charge in [-0.2, -0.15) is 0 Å². The van der Waals surface area contributed by atoms with Crippen LogP contribution >= 0.6 is 23.4 Å². The molecule has 0 spiro atoms. The van der Waals surface area contributed by atoms with Crippen molar-refractivity contribution in [2.75, 3.05) is 26.4 Å². The van der Waals surface area contributed by atoms with E-state index >= 15 is 0 Å². The van der Waals surface area contributed by atoms with E-state index < -0.39 is 0 Å². The average Bonchev–Trinajstić information content (AvgIpc) is 3.02. The molecule has 0 unspecified atom stereocenters. The lowest BCUT2D eigenvalue weighted by Crippen LogP contribution is -2.32. The van der Waals surface area contributed by atoms with Gasteiger partial charge in [-0.05, 0) is 60.5 Å². The van der Waals surface area contributed by atoms with Gasteiger partial charge in [0.25, 0.3) is 11.1 Å². The minimum absolute atomic E-state index is 0.138. The summed E-state index contributed by atoms with van der Waals surface area (Å²) in [6.45, 7) is 7.41. The van der Waals surface area contributed by atoms with E-state index in [1.165, 1.54) is 4.90 Å². The number of imide groups is 1. The topological polar surface area (TPSA) is 65.1 Å². The molecule has 0 radical (unpaired) electrons. The van der Waals surface area contributed by atoms with Crippen LogP contribution in [0.4, 0.5) is 4.79 Å². The minimum atomic E-state index is -0.346. The predicted molar refractivity (Wildman–Crippen MR) is 128 cm³/mol. The first kappa shape index (κ1) is 24.0. The summed E-state index contributed by atoms with van der Waals surface area (Å²) in [5.41, 5.74) is 0.753. The zero-order chi connectivity index (χ0) is 23.1. The molecule has 0 aromatic heterocycles. The van der Waals surface area contributed by atoms with Crippen molar-refractivity contribution in [3.63, 3.8) is 0 Å². The summed E-state index contributed by atoms with van der Waals surface area (Å²) < 4.78 is 17.1. The van der Waals surface area contributed by atoms with Crippen LogP contribution in [0.15, 0.2) is 47.4 Å². The Morgan fingerprint density at radius 2 is 1.81 bits per heavy atom. The smallest absolute Gasteiger partial charge is 0.293 e. The van der Waals surface area contributed by atoms with Crippen LogP contribution in [-0.4, -0.2) is 42.4 Å². The highest BCUT2D eigenvalue weighted by molar-refractivity contribution is 8.18. The molecule has 170 valence electrons. The Morgan fingerprint density at radius 1 is 1.03 bits per heavy atom. The zero-order valence-electron chi connectivity index (χ0n) is 18.3. The summed E-state index contributed by atoms with van der Waals surface area (Å²) in [5.74, 6) is 1.82. The fraction of sp³-hybridized carbons (Fsp3) is 0.333. The zero-order valence-corrected chi connectivity index (χ0v) is 19.9. The van der Waals surface area contributed by atoms with Crippen molar-refractivity contribution in [3.05, 3.63) is 58.0 Å². The highest BCUT2D eigenvalue weighted by Gasteiger charge is 2.34. The van der Waals surface area contributed by atoms with Gasteiger partial charge in [0.1, 0.15) is 12.4 Å². The molecule has 1 saturated heterocycles. The van der Waals surface area contributed by atoms with E-state index in [1.807, 2.05) is 25.1 Å². The number of thioether (sulfide) groups is 1. The Bertz CT molecular complexity index is 1010. The van der Waals surface area contributed by atoms with Crippen molar-refractivity contribution in [2.45, 2.75) is 20.8 Å². The SMILES string of the molecule is CCOc1cc(/C=C2\SC(=O)N(CCOc3ccccc3Cl)C2=O)ccc1OCC(C)C. The van der Waals surface area contributed by atoms with Crippen molar-refractivity contribution < 1.29 is 23.8 Å². The first-order valence-electron chi connectivity index (χ1n) is 10.4. The summed E-state index contributed by atoms with van der Waals surface area (Å²) in [4.78, 5) is 26.7. The van der Waals surface area contributed by atoms with Gasteiger partial charge in [0.2, 0.25) is 0 Å². The van der Waals surface area contributed by atoms with Crippen LogP contribution in [-0.2, 0) is 4.79 Å². The number of nitrogens with zero attached hydrogens (tertiary/aromatic N) is 1. The molecule has 1 aliphatic heterocycles. The van der Waals surface area contributed by atoms with Crippen molar-refractivity contribution in [1.29, 1.82) is 0 Å². The van der Waals surface area contributed by atoms with E-state index in [4.69, 9.17) is 25.8 Å². The molecule has 0 bridgehead atoms. The monoisotopic (exact) mass is 475 g/mol. The molecular weight excluding hydrogens is 450 g/mol. The van der Waals surface area contributed by atoms with Crippen molar-refractivity contribution in [3.8, 4) is 17.2 Å². The Balaban J connectivity index is 1.68. The Hall–Kier alpha value is -2.64. The minimum Gasteiger partial charge on any atom is -0.490 e. The summed E-state index contributed by atoms with van der Waals surface area (Å²) in [6, 6.07) is 12.5. The maximum Gasteiger partial charge on any atom is 0.293 e. The molecule has 2 aromatic rings. The van der Waals surface area contributed by atoms with Crippen molar-refractivity contribution in [2.24, 2.45) is 5.92 Å². The van der Waals surface area contributed by atoms with Gasteiger partial charge in [-0.1, -0.05) is 43.6 Å². The van der Waals surface area contributed by atoms with E-state index in [1.54, 1.807) is 30.3 Å². The van der Waals surface area contributed by atoms with Gasteiger partial charge < -0.3 is 14.2 Å². The molecular formula is C24H26ClNO5S. The van der Waals surface area contributed by atoms with E-state index in [2.05, 4.69) is 13.8 Å². The summed E-state index contributed by atoms with van der Waals surface area (Å²) in [7, 11) is 0. The van der Waals surface area contributed by atoms with Crippen LogP contribution in [0.1, 0.15) is 26.3 Å². The molecule has 0 saturated carbocycles. The van der Waals surface area contributed by atoms with Gasteiger partial charge in [-0.3, -0.25) is 14.5 Å². The Morgan fingerprint density at radius 3 is 2.53 bits per heavy atom. The lowest BCUT2D eigenvalue weighted by atomic mass is 10.1. The molecule has 1 heterocycles. The van der Waals surface area contributed by atoms with Crippen LogP contribution in [0.3, 0.4) is 0 Å². The van der Waals surface area contributed by atoms with Crippen LogP contribution < -0.4 is 14.2 Å². The highest BCUT2D eigenvalue weighted by Crippen LogP contribution is 2.35. The Kier molecular flexibility index (Phi) is 8.47. The van der Waals surface area contributed by atoms with Gasteiger partial charge in [0, 0.05) is 0 Å². The molecule has 1 fully saturated rings. The average molecular weight is 476 g/mol. The summed E-state index contributed by atoms with van der Waals surface area (Å²) in [5, 5.41) is 0.151. The van der Waals surface area contributed by atoms with Crippen molar-refractivity contribution >= 4 is 40.6 Å². The molecule has 2 amide bonds. The fourth-order valence-corrected chi connectivity index (χ4v) is 3.97. The number of para-hydroxylation sites is 1. The third-order valence-corrected chi connectivity index (χ3v) is 5.64. The number of carbonyl (C=O) groups is 2. The first-order valence-corrected chi connectivity index (χ1v) is 11.6. The van der Waals surface area contributed by atoms with Gasteiger partial charge in [-0.25, -0.2) is 0 Å². The lowest BCUT2D eigenvalue weighted by molar-refractivity contribution is -0.123. The van der Waals surface area contributed by atoms with Crippen molar-refractivity contribution in [1.82, 2.24) is 4.90 Å². The third-order valence-electron chi connectivity index (χ3n) is 4.42. The third kappa shape index (κ3) is 6.20. The normalized spacial score (nSPS) is 15.0. The van der Waals surface area contributed by atoms with Gasteiger partial charge in [0.05, 0.1) is 29.7 Å². The number of amides is 2. The van der Waals surface area contributed by atoms with E-state index in [-0.39, 0.29) is 24.3 Å². The number of ether oxygens (including phenoxy) is 3. The molecule has 1 aliphatic rings. The first-order chi connectivity index (χ1) is 15.4. The molecule has 2 aromatic carbocycles. The molecule has 3 rings (SSSR count). The number of benzene rings is 2. The lowest BCUT2D eigenvalue weighted by Gasteiger charge is -2.14.